The molecule has 3 heterocycles. The molecule has 3 aromatic heterocycles. The van der Waals surface area contributed by atoms with Crippen molar-refractivity contribution in [2.75, 3.05) is 0 Å². The van der Waals surface area contributed by atoms with E-state index in [-0.39, 0.29) is 6.61 Å². The average molecular weight is 402 g/mol. The molecule has 0 bridgehead atoms. The van der Waals surface area contributed by atoms with Crippen LogP contribution in [0.5, 0.6) is 0 Å². The van der Waals surface area contributed by atoms with E-state index >= 15 is 0 Å². The Kier molecular flexibility index (Phi) is 5.34. The van der Waals surface area contributed by atoms with Gasteiger partial charge < -0.3 is 9.26 Å². The van der Waals surface area contributed by atoms with E-state index in [1.54, 1.807) is 17.0 Å². The monoisotopic (exact) mass is 402 g/mol. The molecule has 0 aliphatic rings. The Morgan fingerprint density at radius 1 is 1.17 bits per heavy atom. The quantitative estimate of drug-likeness (QED) is 0.354. The molecule has 0 amide bonds. The SMILES string of the molecule is Cc1cc(-n2c(C)cc(/C=C/C(=O)OCc3ccc(-n4cccn4)cc3)c2C)no1. The van der Waals surface area contributed by atoms with Gasteiger partial charge in [-0.05, 0) is 62.2 Å². The lowest BCUT2D eigenvalue weighted by atomic mass is 10.2. The van der Waals surface area contributed by atoms with E-state index in [1.165, 1.54) is 6.08 Å². The summed E-state index contributed by atoms with van der Waals surface area (Å²) in [5, 5.41) is 8.26. The van der Waals surface area contributed by atoms with Crippen LogP contribution in [0.2, 0.25) is 0 Å². The van der Waals surface area contributed by atoms with Crippen molar-refractivity contribution >= 4 is 12.0 Å². The first kappa shape index (κ1) is 19.4. The van der Waals surface area contributed by atoms with E-state index in [2.05, 4.69) is 10.3 Å². The number of hydrogen-bond acceptors (Lipinski definition) is 5. The summed E-state index contributed by atoms with van der Waals surface area (Å²) in [7, 11) is 0. The van der Waals surface area contributed by atoms with Gasteiger partial charge in [-0.2, -0.15) is 5.10 Å². The molecule has 0 atom stereocenters. The summed E-state index contributed by atoms with van der Waals surface area (Å²) in [6.07, 6.45) is 6.81. The minimum Gasteiger partial charge on any atom is -0.458 e. The van der Waals surface area contributed by atoms with Crippen LogP contribution in [-0.2, 0) is 16.1 Å². The Bertz CT molecular complexity index is 1180. The third-order valence-electron chi connectivity index (χ3n) is 4.80. The Morgan fingerprint density at radius 3 is 2.63 bits per heavy atom. The van der Waals surface area contributed by atoms with Crippen LogP contribution in [0.15, 0.2) is 65.5 Å². The molecule has 0 fully saturated rings. The summed E-state index contributed by atoms with van der Waals surface area (Å²) in [5.41, 5.74) is 4.76. The van der Waals surface area contributed by atoms with E-state index in [0.717, 1.165) is 39.8 Å². The molecule has 152 valence electrons. The van der Waals surface area contributed by atoms with Gasteiger partial charge in [0.25, 0.3) is 0 Å². The fourth-order valence-electron chi connectivity index (χ4n) is 3.29. The highest BCUT2D eigenvalue weighted by Gasteiger charge is 2.12. The van der Waals surface area contributed by atoms with Crippen molar-refractivity contribution in [2.45, 2.75) is 27.4 Å². The molecule has 1 aromatic carbocycles. The number of aromatic nitrogens is 4. The lowest BCUT2D eigenvalue weighted by molar-refractivity contribution is -0.138. The molecule has 0 saturated carbocycles. The summed E-state index contributed by atoms with van der Waals surface area (Å²) in [6.45, 7) is 6.02. The lowest BCUT2D eigenvalue weighted by Crippen LogP contribution is -2.01. The summed E-state index contributed by atoms with van der Waals surface area (Å²) in [4.78, 5) is 12.2. The highest BCUT2D eigenvalue weighted by molar-refractivity contribution is 5.87. The molecular weight excluding hydrogens is 380 g/mol. The number of carbonyl (C=O) groups is 1. The molecule has 0 saturated heterocycles. The van der Waals surface area contributed by atoms with E-state index in [1.807, 2.05) is 74.0 Å². The second-order valence-electron chi connectivity index (χ2n) is 7.02. The number of hydrogen-bond donors (Lipinski definition) is 0. The van der Waals surface area contributed by atoms with Crippen LogP contribution in [0.4, 0.5) is 0 Å². The molecule has 30 heavy (non-hydrogen) atoms. The van der Waals surface area contributed by atoms with Gasteiger partial charge in [0.1, 0.15) is 12.4 Å². The van der Waals surface area contributed by atoms with Gasteiger partial charge in [-0.15, -0.1) is 0 Å². The maximum absolute atomic E-state index is 12.2. The van der Waals surface area contributed by atoms with Crippen LogP contribution in [0.1, 0.15) is 28.3 Å². The highest BCUT2D eigenvalue weighted by Crippen LogP contribution is 2.21. The van der Waals surface area contributed by atoms with Crippen molar-refractivity contribution in [1.82, 2.24) is 19.5 Å². The van der Waals surface area contributed by atoms with Crippen molar-refractivity contribution in [3.8, 4) is 11.5 Å². The van der Waals surface area contributed by atoms with Crippen LogP contribution in [0.25, 0.3) is 17.6 Å². The Morgan fingerprint density at radius 2 is 1.97 bits per heavy atom. The van der Waals surface area contributed by atoms with Crippen LogP contribution in [-0.4, -0.2) is 25.5 Å². The topological polar surface area (TPSA) is 75.1 Å². The van der Waals surface area contributed by atoms with Gasteiger partial charge in [-0.25, -0.2) is 9.48 Å². The smallest absolute Gasteiger partial charge is 0.331 e. The second-order valence-corrected chi connectivity index (χ2v) is 7.02. The largest absolute Gasteiger partial charge is 0.458 e. The molecule has 0 unspecified atom stereocenters. The first-order valence-electron chi connectivity index (χ1n) is 9.58. The minimum absolute atomic E-state index is 0.208. The third-order valence-corrected chi connectivity index (χ3v) is 4.80. The molecule has 0 radical (unpaired) electrons. The fourth-order valence-corrected chi connectivity index (χ4v) is 3.29. The number of nitrogens with zero attached hydrogens (tertiary/aromatic N) is 4. The first-order chi connectivity index (χ1) is 14.5. The Labute approximate surface area is 174 Å². The highest BCUT2D eigenvalue weighted by atomic mass is 16.5. The number of esters is 1. The molecular formula is C23H22N4O3. The van der Waals surface area contributed by atoms with Gasteiger partial charge in [0, 0.05) is 35.9 Å². The maximum Gasteiger partial charge on any atom is 0.331 e. The van der Waals surface area contributed by atoms with Crippen LogP contribution < -0.4 is 0 Å². The van der Waals surface area contributed by atoms with Crippen molar-refractivity contribution in [3.63, 3.8) is 0 Å². The zero-order valence-electron chi connectivity index (χ0n) is 17.1. The van der Waals surface area contributed by atoms with E-state index in [9.17, 15) is 4.79 Å². The predicted molar refractivity (Wildman–Crippen MR) is 112 cm³/mol. The molecule has 4 aromatic rings. The zero-order valence-corrected chi connectivity index (χ0v) is 17.1. The maximum atomic E-state index is 12.2. The number of ether oxygens (including phenoxy) is 1. The summed E-state index contributed by atoms with van der Waals surface area (Å²) in [6, 6.07) is 13.4. The number of carbonyl (C=O) groups excluding carboxylic acids is 1. The van der Waals surface area contributed by atoms with Crippen LogP contribution in [0, 0.1) is 20.8 Å². The van der Waals surface area contributed by atoms with Crippen LogP contribution >= 0.6 is 0 Å². The molecule has 0 aliphatic carbocycles. The van der Waals surface area contributed by atoms with Gasteiger partial charge in [0.2, 0.25) is 0 Å². The van der Waals surface area contributed by atoms with Crippen molar-refractivity contribution in [3.05, 3.63) is 89.2 Å². The molecule has 7 nitrogen and oxygen atoms in total. The first-order valence-corrected chi connectivity index (χ1v) is 9.58. The van der Waals surface area contributed by atoms with Gasteiger partial charge >= 0.3 is 5.97 Å². The number of benzene rings is 1. The molecule has 7 heteroatoms. The Hall–Kier alpha value is -3.87. The van der Waals surface area contributed by atoms with E-state index in [4.69, 9.17) is 9.26 Å². The van der Waals surface area contributed by atoms with Gasteiger partial charge in [0.15, 0.2) is 5.82 Å². The van der Waals surface area contributed by atoms with Gasteiger partial charge in [-0.1, -0.05) is 17.3 Å². The molecule has 4 rings (SSSR count). The van der Waals surface area contributed by atoms with Crippen molar-refractivity contribution < 1.29 is 14.1 Å². The predicted octanol–water partition coefficient (Wildman–Crippen LogP) is 4.33. The zero-order chi connectivity index (χ0) is 21.1. The van der Waals surface area contributed by atoms with Crippen molar-refractivity contribution in [2.24, 2.45) is 0 Å². The van der Waals surface area contributed by atoms with E-state index in [0.29, 0.717) is 0 Å². The molecule has 0 N–H and O–H groups in total. The average Bonchev–Trinajstić information content (AvgIpc) is 3.47. The standard InChI is InChI=1S/C23H22N4O3/c1-16-13-20(18(3)27(16)22-14-17(2)30-25-22)7-10-23(28)29-15-19-5-8-21(9-6-19)26-12-4-11-24-26/h4-14H,15H2,1-3H3/b10-7+. The summed E-state index contributed by atoms with van der Waals surface area (Å²) < 4.78 is 14.3. The van der Waals surface area contributed by atoms with E-state index < -0.39 is 5.97 Å². The second kappa shape index (κ2) is 8.24. The summed E-state index contributed by atoms with van der Waals surface area (Å²) in [5.74, 6) is 1.08. The molecule has 0 spiro atoms. The number of rotatable bonds is 6. The molecule has 0 aliphatic heterocycles. The number of aryl methyl sites for hydroxylation is 2. The lowest BCUT2D eigenvalue weighted by Gasteiger charge is -2.05. The van der Waals surface area contributed by atoms with Gasteiger partial charge in [0.05, 0.1) is 5.69 Å². The fraction of sp³-hybridized carbons (Fsp3) is 0.174. The minimum atomic E-state index is -0.395. The van der Waals surface area contributed by atoms with Gasteiger partial charge in [-0.3, -0.25) is 4.57 Å². The third kappa shape index (κ3) is 4.10. The van der Waals surface area contributed by atoms with Crippen molar-refractivity contribution in [1.29, 1.82) is 0 Å². The van der Waals surface area contributed by atoms with Crippen LogP contribution in [0.3, 0.4) is 0 Å². The Balaban J connectivity index is 1.38. The normalized spacial score (nSPS) is 11.3. The summed E-state index contributed by atoms with van der Waals surface area (Å²) >= 11 is 0.